The summed E-state index contributed by atoms with van der Waals surface area (Å²) in [7, 11) is 0. The minimum absolute atomic E-state index is 0.225. The second kappa shape index (κ2) is 3.14. The molecule has 4 nitrogen and oxygen atoms in total. The van der Waals surface area contributed by atoms with Crippen molar-refractivity contribution < 1.29 is 9.66 Å². The first kappa shape index (κ1) is 8.19. The molecular formula is C9H9NO3. The molecule has 68 valence electrons. The fraction of sp³-hybridized carbons (Fsp3) is 0.333. The molecule has 0 bridgehead atoms. The van der Waals surface area contributed by atoms with Crippen LogP contribution in [0, 0.1) is 10.1 Å². The molecule has 1 aromatic carbocycles. The third kappa shape index (κ3) is 1.84. The van der Waals surface area contributed by atoms with E-state index >= 15 is 0 Å². The minimum atomic E-state index is -0.778. The average molecular weight is 179 g/mol. The van der Waals surface area contributed by atoms with Crippen LogP contribution in [0.15, 0.2) is 30.3 Å². The summed E-state index contributed by atoms with van der Waals surface area (Å²) in [6, 6.07) is 9.64. The molecule has 1 aliphatic heterocycles. The molecule has 13 heavy (non-hydrogen) atoms. The Labute approximate surface area is 75.3 Å². The number of nitrogens with zero attached hydrogens (tertiary/aromatic N) is 1. The van der Waals surface area contributed by atoms with Crippen LogP contribution in [0.3, 0.4) is 0 Å². The van der Waals surface area contributed by atoms with Gasteiger partial charge in [-0.1, -0.05) is 30.3 Å². The Morgan fingerprint density at radius 1 is 1.38 bits per heavy atom. The first-order valence-corrected chi connectivity index (χ1v) is 4.10. The average Bonchev–Trinajstić information content (AvgIpc) is 2.86. The van der Waals surface area contributed by atoms with Crippen molar-refractivity contribution in [3.8, 4) is 0 Å². The Bertz CT molecular complexity index is 312. The van der Waals surface area contributed by atoms with Gasteiger partial charge in [-0.05, 0) is 5.56 Å². The van der Waals surface area contributed by atoms with Crippen LogP contribution >= 0.6 is 0 Å². The van der Waals surface area contributed by atoms with E-state index in [1.54, 1.807) is 0 Å². The van der Waals surface area contributed by atoms with E-state index in [4.69, 9.17) is 4.74 Å². The van der Waals surface area contributed by atoms with Crippen molar-refractivity contribution in [2.24, 2.45) is 0 Å². The van der Waals surface area contributed by atoms with Crippen LogP contribution < -0.4 is 0 Å². The van der Waals surface area contributed by atoms with Crippen molar-refractivity contribution >= 4 is 0 Å². The maximum atomic E-state index is 10.2. The van der Waals surface area contributed by atoms with Gasteiger partial charge in [0.05, 0.1) is 4.92 Å². The number of rotatable bonds is 3. The molecule has 2 rings (SSSR count). The summed E-state index contributed by atoms with van der Waals surface area (Å²) in [5.41, 5.74) is 1.08. The summed E-state index contributed by atoms with van der Waals surface area (Å²) in [6.07, 6.45) is -0.371. The zero-order chi connectivity index (χ0) is 9.26. The molecule has 0 aliphatic carbocycles. The first-order valence-electron chi connectivity index (χ1n) is 4.10. The number of ether oxygens (including phenoxy) is 1. The minimum Gasteiger partial charge on any atom is -0.301 e. The highest BCUT2D eigenvalue weighted by molar-refractivity contribution is 5.16. The van der Waals surface area contributed by atoms with Crippen LogP contribution in [0.5, 0.6) is 0 Å². The Kier molecular flexibility index (Phi) is 1.98. The highest BCUT2D eigenvalue weighted by atomic mass is 16.7. The summed E-state index contributed by atoms with van der Waals surface area (Å²) in [6.45, 7) is 0. The number of benzene rings is 1. The molecule has 0 aromatic heterocycles. The highest BCUT2D eigenvalue weighted by Crippen LogP contribution is 2.25. The summed E-state index contributed by atoms with van der Waals surface area (Å²) in [5, 5.41) is 10.2. The Morgan fingerprint density at radius 2 is 2.08 bits per heavy atom. The number of hydrogen-bond acceptors (Lipinski definition) is 3. The molecule has 1 aromatic rings. The Hall–Kier alpha value is -1.42. The molecule has 0 saturated carbocycles. The van der Waals surface area contributed by atoms with Gasteiger partial charge in [0.15, 0.2) is 6.10 Å². The fourth-order valence-corrected chi connectivity index (χ4v) is 1.31. The van der Waals surface area contributed by atoms with Gasteiger partial charge in [0, 0.05) is 6.42 Å². The van der Waals surface area contributed by atoms with Gasteiger partial charge in [-0.2, -0.15) is 0 Å². The predicted octanol–water partition coefficient (Wildman–Crippen LogP) is 1.23. The molecule has 0 radical (unpaired) electrons. The lowest BCUT2D eigenvalue weighted by atomic mass is 10.1. The van der Waals surface area contributed by atoms with Gasteiger partial charge in [-0.3, -0.25) is 10.1 Å². The monoisotopic (exact) mass is 179 g/mol. The van der Waals surface area contributed by atoms with E-state index in [2.05, 4.69) is 0 Å². The lowest BCUT2D eigenvalue weighted by Gasteiger charge is -1.93. The molecule has 1 aliphatic rings. The summed E-state index contributed by atoms with van der Waals surface area (Å²) in [4.78, 5) is 9.86. The van der Waals surface area contributed by atoms with Crippen LogP contribution in [-0.2, 0) is 11.2 Å². The molecule has 0 N–H and O–H groups in total. The third-order valence-corrected chi connectivity index (χ3v) is 2.04. The summed E-state index contributed by atoms with van der Waals surface area (Å²) >= 11 is 0. The van der Waals surface area contributed by atoms with Crippen molar-refractivity contribution in [1.29, 1.82) is 0 Å². The number of hydrogen-bond donors (Lipinski definition) is 0. The second-order valence-electron chi connectivity index (χ2n) is 3.04. The SMILES string of the molecule is O=[N+]([O-])C1OC1Cc1ccccc1. The topological polar surface area (TPSA) is 55.7 Å². The van der Waals surface area contributed by atoms with E-state index in [0.29, 0.717) is 6.42 Å². The van der Waals surface area contributed by atoms with E-state index in [0.717, 1.165) is 5.56 Å². The fourth-order valence-electron chi connectivity index (χ4n) is 1.31. The maximum Gasteiger partial charge on any atom is 0.342 e. The van der Waals surface area contributed by atoms with Crippen molar-refractivity contribution in [2.75, 3.05) is 0 Å². The molecule has 1 saturated heterocycles. The maximum absolute atomic E-state index is 10.2. The largest absolute Gasteiger partial charge is 0.342 e. The quantitative estimate of drug-likeness (QED) is 0.398. The van der Waals surface area contributed by atoms with Crippen LogP contribution in [0.4, 0.5) is 0 Å². The van der Waals surface area contributed by atoms with Gasteiger partial charge in [0.2, 0.25) is 0 Å². The van der Waals surface area contributed by atoms with Gasteiger partial charge < -0.3 is 4.74 Å². The summed E-state index contributed by atoms with van der Waals surface area (Å²) < 4.78 is 4.88. The van der Waals surface area contributed by atoms with Crippen molar-refractivity contribution in [1.82, 2.24) is 0 Å². The molecule has 0 spiro atoms. The van der Waals surface area contributed by atoms with Crippen LogP contribution in [0.1, 0.15) is 5.56 Å². The molecule has 0 amide bonds. The zero-order valence-electron chi connectivity index (χ0n) is 6.92. The molecule has 1 fully saturated rings. The van der Waals surface area contributed by atoms with Crippen molar-refractivity contribution in [2.45, 2.75) is 18.8 Å². The van der Waals surface area contributed by atoms with E-state index in [1.807, 2.05) is 30.3 Å². The van der Waals surface area contributed by atoms with Crippen LogP contribution in [0.25, 0.3) is 0 Å². The van der Waals surface area contributed by atoms with Gasteiger partial charge in [-0.15, -0.1) is 0 Å². The second-order valence-corrected chi connectivity index (χ2v) is 3.04. The standard InChI is InChI=1S/C9H9NO3/c11-10(12)9-8(13-9)6-7-4-2-1-3-5-7/h1-5,8-9H,6H2. The lowest BCUT2D eigenvalue weighted by molar-refractivity contribution is -0.516. The molecule has 1 heterocycles. The normalized spacial score (nSPS) is 25.5. The highest BCUT2D eigenvalue weighted by Gasteiger charge is 2.49. The van der Waals surface area contributed by atoms with Gasteiger partial charge in [0.1, 0.15) is 0 Å². The number of nitro groups is 1. The van der Waals surface area contributed by atoms with Gasteiger partial charge in [0.25, 0.3) is 0 Å². The molecule has 4 heteroatoms. The van der Waals surface area contributed by atoms with Crippen LogP contribution in [0.2, 0.25) is 0 Å². The molecular weight excluding hydrogens is 170 g/mol. The van der Waals surface area contributed by atoms with E-state index in [-0.39, 0.29) is 11.0 Å². The Morgan fingerprint density at radius 3 is 2.62 bits per heavy atom. The predicted molar refractivity (Wildman–Crippen MR) is 45.8 cm³/mol. The van der Waals surface area contributed by atoms with E-state index in [9.17, 15) is 10.1 Å². The smallest absolute Gasteiger partial charge is 0.301 e. The zero-order valence-corrected chi connectivity index (χ0v) is 6.92. The van der Waals surface area contributed by atoms with Gasteiger partial charge >= 0.3 is 6.23 Å². The third-order valence-electron chi connectivity index (χ3n) is 2.04. The molecule has 2 unspecified atom stereocenters. The van der Waals surface area contributed by atoms with Crippen molar-refractivity contribution in [3.63, 3.8) is 0 Å². The first-order chi connectivity index (χ1) is 6.27. The van der Waals surface area contributed by atoms with E-state index in [1.165, 1.54) is 0 Å². The summed E-state index contributed by atoms with van der Waals surface area (Å²) in [5.74, 6) is 0. The number of epoxide rings is 1. The Balaban J connectivity index is 1.92. The van der Waals surface area contributed by atoms with E-state index < -0.39 is 6.23 Å². The van der Waals surface area contributed by atoms with Crippen LogP contribution in [-0.4, -0.2) is 17.3 Å². The van der Waals surface area contributed by atoms with Crippen molar-refractivity contribution in [3.05, 3.63) is 46.0 Å². The molecule has 2 atom stereocenters. The lowest BCUT2D eigenvalue weighted by Crippen LogP contribution is -2.08. The van der Waals surface area contributed by atoms with Gasteiger partial charge in [-0.25, -0.2) is 0 Å².